The van der Waals surface area contributed by atoms with Crippen molar-refractivity contribution in [3.05, 3.63) is 29.6 Å². The van der Waals surface area contributed by atoms with Crippen LogP contribution >= 0.6 is 12.6 Å². The Kier molecular flexibility index (Phi) is 3.00. The normalized spacial score (nSPS) is 8.55. The fraction of sp³-hybridized carbons (Fsp3) is 0.222. The zero-order valence-electron chi connectivity index (χ0n) is 6.33. The van der Waals surface area contributed by atoms with Crippen LogP contribution in [0, 0.1) is 18.8 Å². The van der Waals surface area contributed by atoms with E-state index in [-0.39, 0.29) is 0 Å². The van der Waals surface area contributed by atoms with E-state index < -0.39 is 0 Å². The lowest BCUT2D eigenvalue weighted by atomic mass is 10.2. The minimum absolute atomic E-state index is 0.592. The minimum Gasteiger partial charge on any atom is -0.260 e. The molecule has 56 valence electrons. The molecule has 0 aliphatic rings. The summed E-state index contributed by atoms with van der Waals surface area (Å²) in [5.41, 5.74) is 1.96. The van der Waals surface area contributed by atoms with Crippen LogP contribution in [-0.4, -0.2) is 10.7 Å². The van der Waals surface area contributed by atoms with Gasteiger partial charge >= 0.3 is 0 Å². The number of rotatable bonds is 0. The molecule has 1 heterocycles. The average molecular weight is 163 g/mol. The van der Waals surface area contributed by atoms with Crippen LogP contribution < -0.4 is 0 Å². The van der Waals surface area contributed by atoms with E-state index in [1.54, 1.807) is 6.20 Å². The molecule has 0 bridgehead atoms. The van der Waals surface area contributed by atoms with Gasteiger partial charge in [-0.05, 0) is 19.1 Å². The zero-order chi connectivity index (χ0) is 8.10. The van der Waals surface area contributed by atoms with E-state index in [4.69, 9.17) is 0 Å². The molecule has 0 radical (unpaired) electrons. The second kappa shape index (κ2) is 4.05. The predicted molar refractivity (Wildman–Crippen MR) is 49.7 cm³/mol. The van der Waals surface area contributed by atoms with Crippen LogP contribution in [0.1, 0.15) is 11.3 Å². The van der Waals surface area contributed by atoms with Gasteiger partial charge < -0.3 is 0 Å². The largest absolute Gasteiger partial charge is 0.260 e. The highest BCUT2D eigenvalue weighted by Crippen LogP contribution is 2.00. The highest BCUT2D eigenvalue weighted by Gasteiger charge is 1.90. The highest BCUT2D eigenvalue weighted by atomic mass is 32.1. The molecule has 0 spiro atoms. The number of thiol groups is 1. The van der Waals surface area contributed by atoms with Crippen molar-refractivity contribution in [3.63, 3.8) is 0 Å². The molecule has 0 aromatic carbocycles. The maximum atomic E-state index is 4.10. The molecule has 0 fully saturated rings. The van der Waals surface area contributed by atoms with Crippen molar-refractivity contribution >= 4 is 12.6 Å². The zero-order valence-corrected chi connectivity index (χ0v) is 7.23. The third-order valence-corrected chi connectivity index (χ3v) is 1.47. The fourth-order valence-electron chi connectivity index (χ4n) is 0.751. The molecule has 0 amide bonds. The van der Waals surface area contributed by atoms with Crippen LogP contribution in [-0.2, 0) is 0 Å². The van der Waals surface area contributed by atoms with Gasteiger partial charge in [-0.15, -0.1) is 0 Å². The molecule has 1 rings (SSSR count). The molecule has 0 saturated heterocycles. The Morgan fingerprint density at radius 3 is 3.09 bits per heavy atom. The van der Waals surface area contributed by atoms with Gasteiger partial charge in [0.15, 0.2) is 0 Å². The third kappa shape index (κ3) is 2.28. The number of nitrogens with zero attached hydrogens (tertiary/aromatic N) is 1. The molecule has 0 unspecified atom stereocenters. The number of aryl methyl sites for hydroxylation is 1. The number of hydrogen-bond acceptors (Lipinski definition) is 2. The summed E-state index contributed by atoms with van der Waals surface area (Å²) in [6.45, 7) is 1.95. The Bertz CT molecular complexity index is 296. The van der Waals surface area contributed by atoms with E-state index in [0.717, 1.165) is 11.3 Å². The lowest BCUT2D eigenvalue weighted by Gasteiger charge is -1.92. The van der Waals surface area contributed by atoms with E-state index in [9.17, 15) is 0 Å². The molecule has 0 N–H and O–H groups in total. The second-order valence-electron chi connectivity index (χ2n) is 2.10. The first kappa shape index (κ1) is 8.16. The van der Waals surface area contributed by atoms with Crippen molar-refractivity contribution in [2.45, 2.75) is 6.92 Å². The van der Waals surface area contributed by atoms with Gasteiger partial charge in [0.1, 0.15) is 0 Å². The summed E-state index contributed by atoms with van der Waals surface area (Å²) in [4.78, 5) is 4.10. The number of hydrogen-bond donors (Lipinski definition) is 1. The van der Waals surface area contributed by atoms with Gasteiger partial charge in [-0.1, -0.05) is 11.8 Å². The minimum atomic E-state index is 0.592. The maximum absolute atomic E-state index is 4.10. The third-order valence-electron chi connectivity index (χ3n) is 1.31. The molecule has 0 aliphatic heterocycles. The molecule has 2 heteroatoms. The highest BCUT2D eigenvalue weighted by molar-refractivity contribution is 7.80. The van der Waals surface area contributed by atoms with Crippen molar-refractivity contribution in [1.29, 1.82) is 0 Å². The van der Waals surface area contributed by atoms with E-state index >= 15 is 0 Å². The summed E-state index contributed by atoms with van der Waals surface area (Å²) in [5.74, 6) is 6.44. The summed E-state index contributed by atoms with van der Waals surface area (Å²) >= 11 is 3.99. The SMILES string of the molecule is Cc1ncccc1C#CCS. The maximum Gasteiger partial charge on any atom is 0.0528 e. The first-order valence-corrected chi connectivity index (χ1v) is 3.99. The van der Waals surface area contributed by atoms with Gasteiger partial charge in [-0.3, -0.25) is 4.98 Å². The second-order valence-corrected chi connectivity index (χ2v) is 2.41. The van der Waals surface area contributed by atoms with Crippen molar-refractivity contribution in [3.8, 4) is 11.8 Å². The van der Waals surface area contributed by atoms with Crippen LogP contribution in [0.25, 0.3) is 0 Å². The van der Waals surface area contributed by atoms with Crippen LogP contribution in [0.3, 0.4) is 0 Å². The molecule has 1 aromatic heterocycles. The lowest BCUT2D eigenvalue weighted by Crippen LogP contribution is -1.84. The Morgan fingerprint density at radius 1 is 1.64 bits per heavy atom. The Labute approximate surface area is 72.3 Å². The van der Waals surface area contributed by atoms with Gasteiger partial charge in [0.2, 0.25) is 0 Å². The summed E-state index contributed by atoms with van der Waals surface area (Å²) in [6.07, 6.45) is 1.77. The van der Waals surface area contributed by atoms with E-state index in [0.29, 0.717) is 5.75 Å². The molecule has 1 aromatic rings. The van der Waals surface area contributed by atoms with Crippen LogP contribution in [0.15, 0.2) is 18.3 Å². The van der Waals surface area contributed by atoms with Gasteiger partial charge in [0, 0.05) is 11.8 Å². The van der Waals surface area contributed by atoms with Crippen molar-refractivity contribution in [2.24, 2.45) is 0 Å². The Hall–Kier alpha value is -0.940. The van der Waals surface area contributed by atoms with Gasteiger partial charge in [-0.2, -0.15) is 12.6 Å². The monoisotopic (exact) mass is 163 g/mol. The summed E-state index contributed by atoms with van der Waals surface area (Å²) < 4.78 is 0. The van der Waals surface area contributed by atoms with Gasteiger partial charge in [-0.25, -0.2) is 0 Å². The first-order chi connectivity index (χ1) is 5.34. The lowest BCUT2D eigenvalue weighted by molar-refractivity contribution is 1.19. The number of pyridine rings is 1. The molecular weight excluding hydrogens is 154 g/mol. The Morgan fingerprint density at radius 2 is 2.45 bits per heavy atom. The van der Waals surface area contributed by atoms with Crippen LogP contribution in [0.2, 0.25) is 0 Å². The van der Waals surface area contributed by atoms with E-state index in [2.05, 4.69) is 29.5 Å². The van der Waals surface area contributed by atoms with E-state index in [1.807, 2.05) is 19.1 Å². The summed E-state index contributed by atoms with van der Waals surface area (Å²) in [6, 6.07) is 3.84. The van der Waals surface area contributed by atoms with Crippen molar-refractivity contribution in [2.75, 3.05) is 5.75 Å². The quantitative estimate of drug-likeness (QED) is 0.453. The molecular formula is C9H9NS. The fourth-order valence-corrected chi connectivity index (χ4v) is 0.830. The molecule has 0 saturated carbocycles. The molecule has 0 atom stereocenters. The standard InChI is InChI=1S/C9H9NS/c1-8-9(5-3-7-11)4-2-6-10-8/h2,4,6,11H,7H2,1H3. The van der Waals surface area contributed by atoms with Gasteiger partial charge in [0.05, 0.1) is 11.4 Å². The number of aromatic nitrogens is 1. The van der Waals surface area contributed by atoms with Crippen molar-refractivity contribution in [1.82, 2.24) is 4.98 Å². The van der Waals surface area contributed by atoms with Crippen molar-refractivity contribution < 1.29 is 0 Å². The smallest absolute Gasteiger partial charge is 0.0528 e. The summed E-state index contributed by atoms with van der Waals surface area (Å²) in [5, 5.41) is 0. The molecule has 0 aliphatic carbocycles. The Balaban J connectivity index is 2.95. The predicted octanol–water partition coefficient (Wildman–Crippen LogP) is 1.67. The molecule has 11 heavy (non-hydrogen) atoms. The molecule has 1 nitrogen and oxygen atoms in total. The van der Waals surface area contributed by atoms with Crippen LogP contribution in [0.5, 0.6) is 0 Å². The topological polar surface area (TPSA) is 12.9 Å². The first-order valence-electron chi connectivity index (χ1n) is 3.36. The van der Waals surface area contributed by atoms with Gasteiger partial charge in [0.25, 0.3) is 0 Å². The summed E-state index contributed by atoms with van der Waals surface area (Å²) in [7, 11) is 0. The average Bonchev–Trinajstić information content (AvgIpc) is 2.03. The van der Waals surface area contributed by atoms with Crippen LogP contribution in [0.4, 0.5) is 0 Å². The van der Waals surface area contributed by atoms with E-state index in [1.165, 1.54) is 0 Å².